The molecule has 0 saturated heterocycles. The third kappa shape index (κ3) is 3.39. The number of benzene rings is 3. The summed E-state index contributed by atoms with van der Waals surface area (Å²) in [7, 11) is 0. The molecule has 6 rings (SSSR count). The van der Waals surface area contributed by atoms with Crippen LogP contribution >= 0.6 is 0 Å². The average molecular weight is 450 g/mol. The molecule has 3 aromatic carbocycles. The van der Waals surface area contributed by atoms with Crippen LogP contribution in [-0.2, 0) is 4.79 Å². The third-order valence-electron chi connectivity index (χ3n) is 7.10. The zero-order chi connectivity index (χ0) is 23.1. The van der Waals surface area contributed by atoms with Gasteiger partial charge in [-0.1, -0.05) is 67.8 Å². The SMILES string of the molecule is O=C(NC1CCCCC1)C1c2cc3ccccc3n2-c2ccccc2N1C(=O)c1ccccc1. The number of hydrogen-bond acceptors (Lipinski definition) is 2. The fourth-order valence-electron chi connectivity index (χ4n) is 5.50. The van der Waals surface area contributed by atoms with Crippen molar-refractivity contribution in [2.45, 2.75) is 44.2 Å². The van der Waals surface area contributed by atoms with Crippen LogP contribution in [0.25, 0.3) is 16.6 Å². The van der Waals surface area contributed by atoms with Gasteiger partial charge in [-0.15, -0.1) is 0 Å². The number of fused-ring (bicyclic) bond motifs is 5. The number of nitrogens with zero attached hydrogens (tertiary/aromatic N) is 2. The van der Waals surface area contributed by atoms with Crippen LogP contribution in [-0.4, -0.2) is 22.4 Å². The minimum absolute atomic E-state index is 0.116. The molecular formula is C29H27N3O2. The second kappa shape index (κ2) is 8.49. The topological polar surface area (TPSA) is 54.3 Å². The van der Waals surface area contributed by atoms with E-state index in [0.29, 0.717) is 5.56 Å². The van der Waals surface area contributed by atoms with Gasteiger partial charge in [0.05, 0.1) is 22.6 Å². The van der Waals surface area contributed by atoms with Crippen LogP contribution < -0.4 is 10.2 Å². The number of amides is 2. The van der Waals surface area contributed by atoms with Gasteiger partial charge >= 0.3 is 0 Å². The lowest BCUT2D eigenvalue weighted by Gasteiger charge is -2.38. The van der Waals surface area contributed by atoms with E-state index in [1.165, 1.54) is 6.42 Å². The Balaban J connectivity index is 1.53. The molecule has 1 unspecified atom stereocenters. The van der Waals surface area contributed by atoms with E-state index in [0.717, 1.165) is 53.7 Å². The molecule has 1 aliphatic carbocycles. The fourth-order valence-corrected chi connectivity index (χ4v) is 5.50. The number of carbonyl (C=O) groups excluding carboxylic acids is 2. The lowest BCUT2D eigenvalue weighted by atomic mass is 9.94. The highest BCUT2D eigenvalue weighted by Crippen LogP contribution is 2.43. The highest BCUT2D eigenvalue weighted by atomic mass is 16.2. The molecule has 34 heavy (non-hydrogen) atoms. The summed E-state index contributed by atoms with van der Waals surface area (Å²) in [6, 6.07) is 26.7. The molecule has 0 bridgehead atoms. The first-order valence-electron chi connectivity index (χ1n) is 12.1. The van der Waals surface area contributed by atoms with Crippen LogP contribution in [0.3, 0.4) is 0 Å². The first-order valence-corrected chi connectivity index (χ1v) is 12.1. The lowest BCUT2D eigenvalue weighted by molar-refractivity contribution is -0.123. The van der Waals surface area contributed by atoms with Gasteiger partial charge in [0.1, 0.15) is 0 Å². The van der Waals surface area contributed by atoms with E-state index in [1.54, 1.807) is 4.90 Å². The van der Waals surface area contributed by atoms with Gasteiger partial charge in [-0.25, -0.2) is 0 Å². The molecule has 170 valence electrons. The standard InChI is InChI=1S/C29H27N3O2/c33-28(30-22-14-5-2-6-15-22)27-26-19-21-13-7-8-16-23(21)31(26)24-17-9-10-18-25(24)32(27)29(34)20-11-3-1-4-12-20/h1,3-4,7-13,16-19,22,27H,2,5-6,14-15H2,(H,30,33). The number of para-hydroxylation sites is 3. The summed E-state index contributed by atoms with van der Waals surface area (Å²) in [6.07, 6.45) is 5.46. The molecule has 4 aromatic rings. The van der Waals surface area contributed by atoms with Crippen molar-refractivity contribution in [1.82, 2.24) is 9.88 Å². The number of anilines is 1. The van der Waals surface area contributed by atoms with Crippen LogP contribution in [0.5, 0.6) is 0 Å². The van der Waals surface area contributed by atoms with E-state index >= 15 is 0 Å². The van der Waals surface area contributed by atoms with Gasteiger partial charge in [0, 0.05) is 17.0 Å². The molecule has 1 aromatic heterocycles. The molecule has 5 heteroatoms. The van der Waals surface area contributed by atoms with Crippen molar-refractivity contribution in [2.75, 3.05) is 4.90 Å². The smallest absolute Gasteiger partial charge is 0.259 e. The zero-order valence-electron chi connectivity index (χ0n) is 19.0. The first kappa shape index (κ1) is 20.7. The highest BCUT2D eigenvalue weighted by Gasteiger charge is 2.41. The molecule has 1 N–H and O–H groups in total. The van der Waals surface area contributed by atoms with Gasteiger partial charge in [0.25, 0.3) is 5.91 Å². The Hall–Kier alpha value is -3.86. The van der Waals surface area contributed by atoms with E-state index in [9.17, 15) is 9.59 Å². The van der Waals surface area contributed by atoms with Gasteiger partial charge in [-0.3, -0.25) is 14.5 Å². The number of hydrogen-bond donors (Lipinski definition) is 1. The molecule has 2 heterocycles. The Labute approximate surface area is 199 Å². The summed E-state index contributed by atoms with van der Waals surface area (Å²) in [5.41, 5.74) is 4.07. The minimum Gasteiger partial charge on any atom is -0.351 e. The molecule has 1 atom stereocenters. The molecule has 5 nitrogen and oxygen atoms in total. The molecule has 0 spiro atoms. The fraction of sp³-hybridized carbons (Fsp3) is 0.241. The van der Waals surface area contributed by atoms with Crippen LogP contribution in [0.1, 0.15) is 54.2 Å². The van der Waals surface area contributed by atoms with Crippen LogP contribution in [0.15, 0.2) is 84.9 Å². The maximum absolute atomic E-state index is 13.9. The lowest BCUT2D eigenvalue weighted by Crippen LogP contribution is -2.49. The molecule has 1 saturated carbocycles. The minimum atomic E-state index is -0.753. The van der Waals surface area contributed by atoms with E-state index in [2.05, 4.69) is 28.1 Å². The Morgan fingerprint density at radius 3 is 2.24 bits per heavy atom. The van der Waals surface area contributed by atoms with Crippen molar-refractivity contribution >= 4 is 28.4 Å². The van der Waals surface area contributed by atoms with Gasteiger partial charge in [-0.05, 0) is 49.2 Å². The average Bonchev–Trinajstić information content (AvgIpc) is 3.28. The van der Waals surface area contributed by atoms with E-state index in [4.69, 9.17) is 0 Å². The number of nitrogens with one attached hydrogen (secondary N) is 1. The predicted octanol–water partition coefficient (Wildman–Crippen LogP) is 5.78. The second-order valence-corrected chi connectivity index (χ2v) is 9.24. The largest absolute Gasteiger partial charge is 0.351 e. The predicted molar refractivity (Wildman–Crippen MR) is 134 cm³/mol. The quantitative estimate of drug-likeness (QED) is 0.431. The molecule has 1 fully saturated rings. The Kier molecular flexibility index (Phi) is 5.17. The maximum Gasteiger partial charge on any atom is 0.259 e. The normalized spacial score (nSPS) is 17.8. The van der Waals surface area contributed by atoms with E-state index in [1.807, 2.05) is 66.7 Å². The first-order chi connectivity index (χ1) is 16.7. The van der Waals surface area contributed by atoms with Crippen molar-refractivity contribution in [1.29, 1.82) is 0 Å². The summed E-state index contributed by atoms with van der Waals surface area (Å²) in [5.74, 6) is -0.289. The molecule has 2 aliphatic rings. The van der Waals surface area contributed by atoms with Crippen LogP contribution in [0.4, 0.5) is 5.69 Å². The Bertz CT molecular complexity index is 1370. The Morgan fingerprint density at radius 1 is 0.765 bits per heavy atom. The maximum atomic E-state index is 13.9. The van der Waals surface area contributed by atoms with Gasteiger partial charge in [0.2, 0.25) is 5.91 Å². The highest BCUT2D eigenvalue weighted by molar-refractivity contribution is 6.12. The number of aromatic nitrogens is 1. The monoisotopic (exact) mass is 449 g/mol. The van der Waals surface area contributed by atoms with Gasteiger partial charge < -0.3 is 9.88 Å². The second-order valence-electron chi connectivity index (χ2n) is 9.24. The molecule has 0 radical (unpaired) electrons. The summed E-state index contributed by atoms with van der Waals surface area (Å²) in [5, 5.41) is 4.35. The van der Waals surface area contributed by atoms with Crippen molar-refractivity contribution < 1.29 is 9.59 Å². The van der Waals surface area contributed by atoms with Crippen molar-refractivity contribution in [2.24, 2.45) is 0 Å². The summed E-state index contributed by atoms with van der Waals surface area (Å²) < 4.78 is 2.14. The van der Waals surface area contributed by atoms with Gasteiger partial charge in [-0.2, -0.15) is 0 Å². The number of carbonyl (C=O) groups is 2. The molecular weight excluding hydrogens is 422 g/mol. The molecule has 2 amide bonds. The third-order valence-corrected chi connectivity index (χ3v) is 7.10. The number of rotatable bonds is 3. The summed E-state index contributed by atoms with van der Waals surface area (Å²) in [6.45, 7) is 0. The van der Waals surface area contributed by atoms with Crippen molar-refractivity contribution in [3.63, 3.8) is 0 Å². The summed E-state index contributed by atoms with van der Waals surface area (Å²) >= 11 is 0. The summed E-state index contributed by atoms with van der Waals surface area (Å²) in [4.78, 5) is 29.6. The van der Waals surface area contributed by atoms with E-state index < -0.39 is 6.04 Å². The Morgan fingerprint density at radius 2 is 1.44 bits per heavy atom. The zero-order valence-corrected chi connectivity index (χ0v) is 19.0. The van der Waals surface area contributed by atoms with Crippen molar-refractivity contribution in [3.05, 3.63) is 96.2 Å². The van der Waals surface area contributed by atoms with Crippen molar-refractivity contribution in [3.8, 4) is 5.69 Å². The molecule has 1 aliphatic heterocycles. The van der Waals surface area contributed by atoms with E-state index in [-0.39, 0.29) is 17.9 Å². The van der Waals surface area contributed by atoms with Gasteiger partial charge in [0.15, 0.2) is 6.04 Å². The van der Waals surface area contributed by atoms with Crippen LogP contribution in [0.2, 0.25) is 0 Å². The van der Waals surface area contributed by atoms with Crippen LogP contribution in [0, 0.1) is 0 Å².